The average molecular weight is 479 g/mol. The number of benzene rings is 1. The molecule has 0 N–H and O–H groups in total. The molecule has 0 aliphatic carbocycles. The van der Waals surface area contributed by atoms with Gasteiger partial charge in [0.25, 0.3) is 0 Å². The number of piperidine rings is 1. The molecule has 0 radical (unpaired) electrons. The van der Waals surface area contributed by atoms with Gasteiger partial charge in [0, 0.05) is 55.9 Å². The first kappa shape index (κ1) is 23.4. The summed E-state index contributed by atoms with van der Waals surface area (Å²) in [6.45, 7) is 7.13. The van der Waals surface area contributed by atoms with Crippen molar-refractivity contribution in [2.45, 2.75) is 45.3 Å². The Morgan fingerprint density at radius 2 is 1.89 bits per heavy atom. The van der Waals surface area contributed by atoms with Crippen molar-refractivity contribution in [1.82, 2.24) is 29.2 Å². The van der Waals surface area contributed by atoms with E-state index >= 15 is 0 Å². The molecule has 35 heavy (non-hydrogen) atoms. The Morgan fingerprint density at radius 3 is 2.60 bits per heavy atom. The van der Waals surface area contributed by atoms with Gasteiger partial charge in [-0.25, -0.2) is 14.2 Å². The molecular formula is C26H31FN6O2. The number of likely N-dealkylation sites (tertiary alicyclic amines) is 1. The highest BCUT2D eigenvalue weighted by molar-refractivity contribution is 6.02. The smallest absolute Gasteiger partial charge is 0.330 e. The topological polar surface area (TPSA) is 78.1 Å². The molecule has 0 amide bonds. The number of imidazole rings is 1. The summed E-state index contributed by atoms with van der Waals surface area (Å²) in [7, 11) is 1.72. The molecule has 9 heteroatoms. The summed E-state index contributed by atoms with van der Waals surface area (Å²) in [4.78, 5) is 19.6. The molecule has 4 heterocycles. The van der Waals surface area contributed by atoms with Gasteiger partial charge in [0.05, 0.1) is 12.1 Å². The number of halogens is 1. The fraction of sp³-hybridized carbons (Fsp3) is 0.462. The summed E-state index contributed by atoms with van der Waals surface area (Å²) in [5, 5.41) is 9.52. The van der Waals surface area contributed by atoms with E-state index in [9.17, 15) is 9.18 Å². The van der Waals surface area contributed by atoms with Gasteiger partial charge in [-0.1, -0.05) is 6.07 Å². The Balaban J connectivity index is 1.32. The van der Waals surface area contributed by atoms with E-state index in [1.807, 2.05) is 44.2 Å². The van der Waals surface area contributed by atoms with Crippen LogP contribution in [0.3, 0.4) is 0 Å². The van der Waals surface area contributed by atoms with Crippen LogP contribution in [0.15, 0.2) is 41.3 Å². The summed E-state index contributed by atoms with van der Waals surface area (Å²) in [6.07, 6.45) is 3.32. The molecule has 0 bridgehead atoms. The van der Waals surface area contributed by atoms with Crippen molar-refractivity contribution < 1.29 is 9.13 Å². The van der Waals surface area contributed by atoms with Crippen molar-refractivity contribution >= 4 is 22.1 Å². The highest BCUT2D eigenvalue weighted by atomic mass is 19.1. The molecule has 0 atom stereocenters. The van der Waals surface area contributed by atoms with Crippen LogP contribution in [-0.4, -0.2) is 61.6 Å². The Bertz CT molecular complexity index is 1390. The summed E-state index contributed by atoms with van der Waals surface area (Å²) >= 11 is 0. The summed E-state index contributed by atoms with van der Waals surface area (Å²) in [6, 6.07) is 9.82. The van der Waals surface area contributed by atoms with Gasteiger partial charge in [0.2, 0.25) is 5.88 Å². The zero-order valence-corrected chi connectivity index (χ0v) is 20.4. The maximum atomic E-state index is 13.3. The molecule has 1 saturated heterocycles. The molecule has 3 aromatic heterocycles. The Morgan fingerprint density at radius 1 is 1.11 bits per heavy atom. The van der Waals surface area contributed by atoms with Crippen molar-refractivity contribution in [3.05, 3.63) is 47.0 Å². The molecular weight excluding hydrogens is 447 g/mol. The molecule has 1 aromatic carbocycles. The number of hydrogen-bond donors (Lipinski definition) is 0. The molecule has 1 aliphatic rings. The minimum atomic E-state index is -0.639. The number of ether oxygens (including phenoxy) is 1. The minimum absolute atomic E-state index is 0.00382. The van der Waals surface area contributed by atoms with Crippen molar-refractivity contribution in [3.8, 4) is 17.0 Å². The van der Waals surface area contributed by atoms with E-state index in [-0.39, 0.29) is 11.7 Å². The minimum Gasteiger partial charge on any atom is -0.478 e. The fourth-order valence-electron chi connectivity index (χ4n) is 4.78. The number of aromatic nitrogens is 5. The van der Waals surface area contributed by atoms with E-state index < -0.39 is 6.17 Å². The van der Waals surface area contributed by atoms with E-state index in [4.69, 9.17) is 4.74 Å². The number of aryl methyl sites for hydroxylation is 1. The lowest BCUT2D eigenvalue weighted by Gasteiger charge is -2.28. The van der Waals surface area contributed by atoms with E-state index in [2.05, 4.69) is 20.1 Å². The maximum Gasteiger partial charge on any atom is 0.330 e. The lowest BCUT2D eigenvalue weighted by atomic mass is 10.0. The third-order valence-corrected chi connectivity index (χ3v) is 6.74. The number of nitrogens with zero attached hydrogens (tertiary/aromatic N) is 6. The first-order valence-corrected chi connectivity index (χ1v) is 12.3. The van der Waals surface area contributed by atoms with E-state index in [1.165, 1.54) is 0 Å². The summed E-state index contributed by atoms with van der Waals surface area (Å²) < 4.78 is 22.4. The van der Waals surface area contributed by atoms with E-state index in [0.717, 1.165) is 53.6 Å². The second kappa shape index (κ2) is 9.73. The molecule has 4 aromatic rings. The second-order valence-electron chi connectivity index (χ2n) is 9.51. The monoisotopic (exact) mass is 478 g/mol. The van der Waals surface area contributed by atoms with Gasteiger partial charge in [-0.2, -0.15) is 0 Å². The molecule has 1 aliphatic heterocycles. The zero-order valence-electron chi connectivity index (χ0n) is 20.4. The summed E-state index contributed by atoms with van der Waals surface area (Å²) in [5.74, 6) is 0.585. The Kier molecular flexibility index (Phi) is 6.51. The predicted octanol–water partition coefficient (Wildman–Crippen LogP) is 4.13. The molecule has 0 saturated carbocycles. The van der Waals surface area contributed by atoms with Crippen LogP contribution in [-0.2, 0) is 7.05 Å². The Labute approximate surface area is 203 Å². The molecule has 0 spiro atoms. The van der Waals surface area contributed by atoms with Gasteiger partial charge >= 0.3 is 5.69 Å². The van der Waals surface area contributed by atoms with E-state index in [1.54, 1.807) is 22.4 Å². The standard InChI is InChI=1S/C26H31FN6O2/c1-17(2)33-24-21-15-18(5-7-22(21)29-30-25(24)31(3)26(33)34)19-6-8-23(28-16-19)35-14-4-11-32-12-9-20(27)10-13-32/h5-8,15-17,20H,4,9-14H2,1-3H3. The van der Waals surface area contributed by atoms with Crippen LogP contribution in [0.5, 0.6) is 5.88 Å². The molecule has 5 rings (SSSR count). The average Bonchev–Trinajstić information content (AvgIpc) is 3.13. The molecule has 0 unspecified atom stereocenters. The lowest BCUT2D eigenvalue weighted by Crippen LogP contribution is -2.35. The lowest BCUT2D eigenvalue weighted by molar-refractivity contribution is 0.142. The third kappa shape index (κ3) is 4.65. The van der Waals surface area contributed by atoms with Crippen molar-refractivity contribution in [2.24, 2.45) is 7.05 Å². The number of pyridine rings is 1. The van der Waals surface area contributed by atoms with Crippen LogP contribution < -0.4 is 10.4 Å². The normalized spacial score (nSPS) is 15.5. The number of rotatable bonds is 7. The number of hydrogen-bond acceptors (Lipinski definition) is 6. The van der Waals surface area contributed by atoms with E-state index in [0.29, 0.717) is 31.0 Å². The maximum absolute atomic E-state index is 13.3. The Hall–Kier alpha value is -3.33. The number of alkyl halides is 1. The van der Waals surface area contributed by atoms with Crippen LogP contribution in [0.25, 0.3) is 33.2 Å². The largest absolute Gasteiger partial charge is 0.478 e. The first-order valence-electron chi connectivity index (χ1n) is 12.3. The molecule has 8 nitrogen and oxygen atoms in total. The van der Waals surface area contributed by atoms with Crippen molar-refractivity contribution in [1.29, 1.82) is 0 Å². The van der Waals surface area contributed by atoms with Crippen LogP contribution in [0.1, 0.15) is 39.2 Å². The van der Waals surface area contributed by atoms with Gasteiger partial charge in [0.15, 0.2) is 5.65 Å². The van der Waals surface area contributed by atoms with Gasteiger partial charge in [-0.15, -0.1) is 10.2 Å². The second-order valence-corrected chi connectivity index (χ2v) is 9.51. The zero-order chi connectivity index (χ0) is 24.5. The van der Waals surface area contributed by atoms with Crippen LogP contribution in [0.2, 0.25) is 0 Å². The van der Waals surface area contributed by atoms with Gasteiger partial charge < -0.3 is 9.64 Å². The first-order chi connectivity index (χ1) is 16.9. The van der Waals surface area contributed by atoms with Crippen LogP contribution in [0, 0.1) is 0 Å². The van der Waals surface area contributed by atoms with Crippen LogP contribution >= 0.6 is 0 Å². The molecule has 184 valence electrons. The van der Waals surface area contributed by atoms with Gasteiger partial charge in [-0.05, 0) is 56.9 Å². The van der Waals surface area contributed by atoms with Gasteiger partial charge in [-0.3, -0.25) is 9.13 Å². The number of fused-ring (bicyclic) bond motifs is 3. The fourth-order valence-corrected chi connectivity index (χ4v) is 4.78. The molecule has 1 fully saturated rings. The highest BCUT2D eigenvalue weighted by Crippen LogP contribution is 2.29. The highest BCUT2D eigenvalue weighted by Gasteiger charge is 2.19. The predicted molar refractivity (Wildman–Crippen MR) is 135 cm³/mol. The van der Waals surface area contributed by atoms with Gasteiger partial charge in [0.1, 0.15) is 11.7 Å². The summed E-state index contributed by atoms with van der Waals surface area (Å²) in [5.41, 5.74) is 3.94. The van der Waals surface area contributed by atoms with Crippen molar-refractivity contribution in [3.63, 3.8) is 0 Å². The SMILES string of the molecule is CC(C)n1c(=O)n(C)c2nnc3ccc(-c4ccc(OCCCN5CCC(F)CC5)nc4)cc3c21. The quantitative estimate of drug-likeness (QED) is 0.372. The van der Waals surface area contributed by atoms with Crippen LogP contribution in [0.4, 0.5) is 4.39 Å². The third-order valence-electron chi connectivity index (χ3n) is 6.74. The van der Waals surface area contributed by atoms with Crippen molar-refractivity contribution in [2.75, 3.05) is 26.2 Å².